The first-order valence-corrected chi connectivity index (χ1v) is 6.50. The summed E-state index contributed by atoms with van der Waals surface area (Å²) in [6, 6.07) is 1.17. The molecule has 0 spiro atoms. The van der Waals surface area contributed by atoms with Gasteiger partial charge in [-0.25, -0.2) is 4.98 Å². The molecule has 3 N–H and O–H groups in total. The fraction of sp³-hybridized carbons (Fsp3) is 0.455. The van der Waals surface area contributed by atoms with Crippen LogP contribution in [0.15, 0.2) is 16.7 Å². The van der Waals surface area contributed by atoms with Crippen LogP contribution >= 0.6 is 27.5 Å². The third-order valence-corrected chi connectivity index (χ3v) is 3.76. The van der Waals surface area contributed by atoms with Crippen LogP contribution in [0.2, 0.25) is 5.15 Å². The van der Waals surface area contributed by atoms with Crippen LogP contribution in [-0.2, 0) is 4.79 Å². The molecule has 1 amide bonds. The molecule has 0 aromatic carbocycles. The number of hydrogen-bond donors (Lipinski definition) is 2. The summed E-state index contributed by atoms with van der Waals surface area (Å²) in [6.45, 7) is 3.94. The Labute approximate surface area is 114 Å². The lowest BCUT2D eigenvalue weighted by Gasteiger charge is -2.17. The number of rotatable bonds is 4. The summed E-state index contributed by atoms with van der Waals surface area (Å²) in [5.41, 5.74) is 6.39. The Morgan fingerprint density at radius 3 is 2.88 bits per heavy atom. The number of hydrogen-bond acceptors (Lipinski definition) is 3. The van der Waals surface area contributed by atoms with Gasteiger partial charge in [0, 0.05) is 0 Å². The minimum absolute atomic E-state index is 0.138. The zero-order valence-corrected chi connectivity index (χ0v) is 12.0. The molecule has 4 nitrogen and oxygen atoms in total. The molecule has 2 atom stereocenters. The lowest BCUT2D eigenvalue weighted by atomic mass is 9.99. The molecule has 0 saturated carbocycles. The maximum atomic E-state index is 11.8. The summed E-state index contributed by atoms with van der Waals surface area (Å²) in [4.78, 5) is 15.7. The molecule has 0 aliphatic rings. The molecule has 1 rings (SSSR count). The average Bonchev–Trinajstić information content (AvgIpc) is 2.31. The van der Waals surface area contributed by atoms with Gasteiger partial charge in [-0.1, -0.05) is 31.9 Å². The third-order valence-electron chi connectivity index (χ3n) is 2.62. The highest BCUT2D eigenvalue weighted by Gasteiger charge is 2.19. The van der Waals surface area contributed by atoms with Gasteiger partial charge >= 0.3 is 0 Å². The minimum Gasteiger partial charge on any atom is -0.323 e. The maximum Gasteiger partial charge on any atom is 0.241 e. The molecule has 0 saturated heterocycles. The van der Waals surface area contributed by atoms with E-state index in [0.717, 1.165) is 6.42 Å². The van der Waals surface area contributed by atoms with Crippen molar-refractivity contribution in [2.24, 2.45) is 11.7 Å². The van der Waals surface area contributed by atoms with Gasteiger partial charge in [0.2, 0.25) is 5.91 Å². The summed E-state index contributed by atoms with van der Waals surface area (Å²) >= 11 is 9.00. The van der Waals surface area contributed by atoms with Crippen molar-refractivity contribution in [2.75, 3.05) is 5.32 Å². The standard InChI is InChI=1S/C11H15BrClN3O/c1-3-6(2)9(14)11(17)16-7-4-8(12)10(13)15-5-7/h4-6,9H,3,14H2,1-2H3,(H,16,17)/t6?,9-/m0/s1. The summed E-state index contributed by atoms with van der Waals surface area (Å²) in [5, 5.41) is 3.07. The maximum absolute atomic E-state index is 11.8. The molecule has 0 fully saturated rings. The van der Waals surface area contributed by atoms with Gasteiger partial charge in [0.25, 0.3) is 0 Å². The van der Waals surface area contributed by atoms with Crippen molar-refractivity contribution in [3.05, 3.63) is 21.9 Å². The second kappa shape index (κ2) is 6.33. The monoisotopic (exact) mass is 319 g/mol. The van der Waals surface area contributed by atoms with E-state index in [0.29, 0.717) is 15.3 Å². The molecule has 1 aromatic heterocycles. The minimum atomic E-state index is -0.519. The quantitative estimate of drug-likeness (QED) is 0.838. The Morgan fingerprint density at radius 1 is 1.71 bits per heavy atom. The smallest absolute Gasteiger partial charge is 0.241 e. The van der Waals surface area contributed by atoms with E-state index in [4.69, 9.17) is 17.3 Å². The van der Waals surface area contributed by atoms with E-state index in [-0.39, 0.29) is 11.8 Å². The number of aromatic nitrogens is 1. The number of nitrogens with zero attached hydrogens (tertiary/aromatic N) is 1. The van der Waals surface area contributed by atoms with E-state index in [1.807, 2.05) is 13.8 Å². The normalized spacial score (nSPS) is 14.2. The number of nitrogens with two attached hydrogens (primary N) is 1. The second-order valence-corrected chi connectivity index (χ2v) is 5.11. The fourth-order valence-corrected chi connectivity index (χ4v) is 1.68. The Hall–Kier alpha value is -0.650. The molecule has 0 aliphatic heterocycles. The van der Waals surface area contributed by atoms with E-state index in [9.17, 15) is 4.79 Å². The predicted molar refractivity (Wildman–Crippen MR) is 73.0 cm³/mol. The third kappa shape index (κ3) is 3.94. The molecule has 0 radical (unpaired) electrons. The Balaban J connectivity index is 2.71. The average molecular weight is 321 g/mol. The second-order valence-electron chi connectivity index (χ2n) is 3.90. The molecule has 17 heavy (non-hydrogen) atoms. The van der Waals surface area contributed by atoms with Gasteiger partial charge in [-0.15, -0.1) is 0 Å². The first-order valence-electron chi connectivity index (χ1n) is 5.33. The predicted octanol–water partition coefficient (Wildman–Crippen LogP) is 2.81. The number of amides is 1. The lowest BCUT2D eigenvalue weighted by molar-refractivity contribution is -0.118. The van der Waals surface area contributed by atoms with Gasteiger partial charge in [0.15, 0.2) is 0 Å². The van der Waals surface area contributed by atoms with Gasteiger partial charge in [-0.05, 0) is 27.9 Å². The van der Waals surface area contributed by atoms with Crippen LogP contribution in [-0.4, -0.2) is 16.9 Å². The van der Waals surface area contributed by atoms with Gasteiger partial charge in [0.1, 0.15) is 5.15 Å². The number of halogens is 2. The van der Waals surface area contributed by atoms with Crippen molar-refractivity contribution in [1.82, 2.24) is 4.98 Å². The van der Waals surface area contributed by atoms with Crippen LogP contribution in [0.5, 0.6) is 0 Å². The van der Waals surface area contributed by atoms with Crippen molar-refractivity contribution in [2.45, 2.75) is 26.3 Å². The fourth-order valence-electron chi connectivity index (χ4n) is 1.23. The lowest BCUT2D eigenvalue weighted by Crippen LogP contribution is -2.40. The molecule has 0 bridgehead atoms. The zero-order valence-electron chi connectivity index (χ0n) is 9.71. The number of pyridine rings is 1. The van der Waals surface area contributed by atoms with E-state index in [1.54, 1.807) is 6.07 Å². The van der Waals surface area contributed by atoms with E-state index in [1.165, 1.54) is 6.20 Å². The number of nitrogens with one attached hydrogen (secondary N) is 1. The highest BCUT2D eigenvalue weighted by Crippen LogP contribution is 2.23. The SMILES string of the molecule is CCC(C)[C@H](N)C(=O)Nc1cnc(Cl)c(Br)c1. The van der Waals surface area contributed by atoms with Gasteiger partial charge in [-0.3, -0.25) is 4.79 Å². The molecular weight excluding hydrogens is 305 g/mol. The van der Waals surface area contributed by atoms with E-state index >= 15 is 0 Å². The summed E-state index contributed by atoms with van der Waals surface area (Å²) < 4.78 is 0.633. The molecule has 1 unspecified atom stereocenters. The van der Waals surface area contributed by atoms with Crippen molar-refractivity contribution >= 4 is 39.1 Å². The first-order chi connectivity index (χ1) is 7.95. The van der Waals surface area contributed by atoms with Crippen LogP contribution in [0, 0.1) is 5.92 Å². The van der Waals surface area contributed by atoms with Crippen LogP contribution in [0.1, 0.15) is 20.3 Å². The van der Waals surface area contributed by atoms with E-state index in [2.05, 4.69) is 26.2 Å². The van der Waals surface area contributed by atoms with Crippen LogP contribution in [0.4, 0.5) is 5.69 Å². The van der Waals surface area contributed by atoms with Crippen LogP contribution < -0.4 is 11.1 Å². The van der Waals surface area contributed by atoms with Crippen LogP contribution in [0.25, 0.3) is 0 Å². The highest BCUT2D eigenvalue weighted by atomic mass is 79.9. The zero-order chi connectivity index (χ0) is 13.0. The summed E-state index contributed by atoms with van der Waals surface area (Å²) in [7, 11) is 0. The Kier molecular flexibility index (Phi) is 5.36. The van der Waals surface area contributed by atoms with E-state index < -0.39 is 6.04 Å². The first kappa shape index (κ1) is 14.4. The van der Waals surface area contributed by atoms with Gasteiger partial charge in [0.05, 0.1) is 22.4 Å². The molecule has 1 heterocycles. The Morgan fingerprint density at radius 2 is 2.35 bits per heavy atom. The summed E-state index contributed by atoms with van der Waals surface area (Å²) in [5.74, 6) is -0.0749. The molecule has 0 aliphatic carbocycles. The largest absolute Gasteiger partial charge is 0.323 e. The van der Waals surface area contributed by atoms with Crippen molar-refractivity contribution in [3.63, 3.8) is 0 Å². The molecular formula is C11H15BrClN3O. The van der Waals surface area contributed by atoms with Gasteiger partial charge in [-0.2, -0.15) is 0 Å². The van der Waals surface area contributed by atoms with Crippen molar-refractivity contribution < 1.29 is 4.79 Å². The molecule has 1 aromatic rings. The molecule has 94 valence electrons. The van der Waals surface area contributed by atoms with Crippen LogP contribution in [0.3, 0.4) is 0 Å². The highest BCUT2D eigenvalue weighted by molar-refractivity contribution is 9.10. The summed E-state index contributed by atoms with van der Waals surface area (Å²) in [6.07, 6.45) is 2.35. The molecule has 6 heteroatoms. The van der Waals surface area contributed by atoms with Crippen molar-refractivity contribution in [3.8, 4) is 0 Å². The van der Waals surface area contributed by atoms with Gasteiger partial charge < -0.3 is 11.1 Å². The van der Waals surface area contributed by atoms with Crippen molar-refractivity contribution in [1.29, 1.82) is 0 Å². The Bertz CT molecular complexity index is 414. The topological polar surface area (TPSA) is 68.0 Å². The number of anilines is 1. The number of carbonyl (C=O) groups excluding carboxylic acids is 1. The number of carbonyl (C=O) groups is 1.